The predicted octanol–water partition coefficient (Wildman–Crippen LogP) is 5.21. The van der Waals surface area contributed by atoms with E-state index in [4.69, 9.17) is 23.2 Å². The number of halogens is 3. The molecule has 4 rings (SSSR count). The topological polar surface area (TPSA) is 71.4 Å². The summed E-state index contributed by atoms with van der Waals surface area (Å²) in [5.74, 6) is -2.05. The fraction of sp³-hybridized carbons (Fsp3) is 0.0870. The van der Waals surface area contributed by atoms with Crippen molar-refractivity contribution in [3.05, 3.63) is 86.9 Å². The lowest BCUT2D eigenvalue weighted by Gasteiger charge is -2.27. The van der Waals surface area contributed by atoms with Gasteiger partial charge in [-0.2, -0.15) is 0 Å². The molecular formula is C23H16Cl2FN3O3. The summed E-state index contributed by atoms with van der Waals surface area (Å²) in [7, 11) is 0. The van der Waals surface area contributed by atoms with Gasteiger partial charge in [0.1, 0.15) is 11.4 Å². The van der Waals surface area contributed by atoms with Crippen LogP contribution in [-0.2, 0) is 9.59 Å². The molecule has 2 aromatic carbocycles. The Morgan fingerprint density at radius 1 is 1.00 bits per heavy atom. The van der Waals surface area contributed by atoms with Gasteiger partial charge in [-0.1, -0.05) is 35.3 Å². The van der Waals surface area contributed by atoms with Gasteiger partial charge in [-0.15, -0.1) is 0 Å². The molecule has 1 N–H and O–H groups in total. The number of aryl methyl sites for hydroxylation is 1. The summed E-state index contributed by atoms with van der Waals surface area (Å²) < 4.78 is 15.5. The van der Waals surface area contributed by atoms with Crippen LogP contribution in [0.15, 0.2) is 54.1 Å². The van der Waals surface area contributed by atoms with Crippen molar-refractivity contribution in [2.75, 3.05) is 4.90 Å². The smallest absolute Gasteiger partial charge is 0.318 e. The first-order valence-electron chi connectivity index (χ1n) is 9.49. The Kier molecular flexibility index (Phi) is 5.62. The highest BCUT2D eigenvalue weighted by Crippen LogP contribution is 2.34. The molecule has 4 amide bonds. The lowest BCUT2D eigenvalue weighted by Crippen LogP contribution is -2.54. The molecule has 1 aliphatic heterocycles. The number of amides is 4. The van der Waals surface area contributed by atoms with Crippen LogP contribution in [-0.4, -0.2) is 22.4 Å². The Bertz CT molecular complexity index is 1330. The predicted molar refractivity (Wildman–Crippen MR) is 121 cm³/mol. The van der Waals surface area contributed by atoms with E-state index in [9.17, 15) is 18.8 Å². The summed E-state index contributed by atoms with van der Waals surface area (Å²) in [5, 5.41) is 2.32. The van der Waals surface area contributed by atoms with Gasteiger partial charge in [-0.3, -0.25) is 14.9 Å². The van der Waals surface area contributed by atoms with Crippen LogP contribution < -0.4 is 10.2 Å². The molecular weight excluding hydrogens is 456 g/mol. The van der Waals surface area contributed by atoms with E-state index in [1.165, 1.54) is 36.4 Å². The fourth-order valence-electron chi connectivity index (χ4n) is 3.64. The van der Waals surface area contributed by atoms with Crippen LogP contribution in [0.1, 0.15) is 17.0 Å². The van der Waals surface area contributed by atoms with Gasteiger partial charge in [0.15, 0.2) is 0 Å². The van der Waals surface area contributed by atoms with Crippen molar-refractivity contribution in [1.82, 2.24) is 9.88 Å². The van der Waals surface area contributed by atoms with E-state index in [1.54, 1.807) is 29.7 Å². The minimum absolute atomic E-state index is 0.00986. The number of rotatable bonds is 3. The first kappa shape index (κ1) is 21.8. The maximum Gasteiger partial charge on any atom is 0.336 e. The van der Waals surface area contributed by atoms with Gasteiger partial charge < -0.3 is 4.57 Å². The van der Waals surface area contributed by atoms with Gasteiger partial charge in [0.05, 0.1) is 15.7 Å². The van der Waals surface area contributed by atoms with Crippen LogP contribution in [0, 0.1) is 19.7 Å². The van der Waals surface area contributed by atoms with Crippen molar-refractivity contribution in [1.29, 1.82) is 0 Å². The van der Waals surface area contributed by atoms with Gasteiger partial charge in [0.2, 0.25) is 0 Å². The highest BCUT2D eigenvalue weighted by Gasteiger charge is 2.38. The average molecular weight is 472 g/mol. The number of nitrogens with one attached hydrogen (secondary N) is 1. The molecule has 6 nitrogen and oxygen atoms in total. The second-order valence-electron chi connectivity index (χ2n) is 7.17. The summed E-state index contributed by atoms with van der Waals surface area (Å²) in [4.78, 5) is 38.8. The first-order chi connectivity index (χ1) is 15.2. The number of barbiturate groups is 1. The number of carbonyl (C=O) groups excluding carboxylic acids is 3. The molecule has 0 atom stereocenters. The summed E-state index contributed by atoms with van der Waals surface area (Å²) in [6.07, 6.45) is 1.40. The lowest BCUT2D eigenvalue weighted by molar-refractivity contribution is -0.122. The third kappa shape index (κ3) is 3.70. The number of hydrogen-bond acceptors (Lipinski definition) is 3. The molecule has 0 saturated carbocycles. The van der Waals surface area contributed by atoms with Crippen molar-refractivity contribution >= 4 is 52.8 Å². The minimum Gasteiger partial charge on any atom is -0.318 e. The van der Waals surface area contributed by atoms with Crippen molar-refractivity contribution < 1.29 is 18.8 Å². The van der Waals surface area contributed by atoms with Crippen LogP contribution in [0.3, 0.4) is 0 Å². The Balaban J connectivity index is 1.79. The zero-order chi connectivity index (χ0) is 23.2. The number of urea groups is 1. The second-order valence-corrected chi connectivity index (χ2v) is 7.96. The molecule has 0 unspecified atom stereocenters. The molecule has 1 fully saturated rings. The molecule has 0 aliphatic carbocycles. The van der Waals surface area contributed by atoms with Gasteiger partial charge in [-0.25, -0.2) is 14.1 Å². The number of anilines is 1. The number of aromatic nitrogens is 1. The summed E-state index contributed by atoms with van der Waals surface area (Å²) in [6.45, 7) is 3.61. The number of nitrogens with zero attached hydrogens (tertiary/aromatic N) is 2. The van der Waals surface area contributed by atoms with Gasteiger partial charge >= 0.3 is 6.03 Å². The van der Waals surface area contributed by atoms with Gasteiger partial charge in [0.25, 0.3) is 11.8 Å². The number of imide groups is 2. The average Bonchev–Trinajstić information content (AvgIpc) is 3.01. The lowest BCUT2D eigenvalue weighted by atomic mass is 10.1. The molecule has 1 aliphatic rings. The minimum atomic E-state index is -0.924. The molecule has 1 aromatic heterocycles. The van der Waals surface area contributed by atoms with Crippen LogP contribution >= 0.6 is 23.2 Å². The second kappa shape index (κ2) is 8.26. The van der Waals surface area contributed by atoms with Crippen molar-refractivity contribution in [3.63, 3.8) is 0 Å². The SMILES string of the molecule is Cc1cc(/C=C2\C(=O)NC(=O)N(c3cccc(Cl)c3Cl)C2=O)c(C)n1-c1cccc(F)c1. The normalized spacial score (nSPS) is 15.5. The van der Waals surface area contributed by atoms with Crippen LogP contribution in [0.5, 0.6) is 0 Å². The molecule has 0 bridgehead atoms. The highest BCUT2D eigenvalue weighted by atomic mass is 35.5. The van der Waals surface area contributed by atoms with E-state index in [0.717, 1.165) is 10.6 Å². The number of hydrogen-bond donors (Lipinski definition) is 1. The van der Waals surface area contributed by atoms with E-state index >= 15 is 0 Å². The zero-order valence-corrected chi connectivity index (χ0v) is 18.5. The summed E-state index contributed by atoms with van der Waals surface area (Å²) in [6, 6.07) is 11.4. The Morgan fingerprint density at radius 2 is 1.72 bits per heavy atom. The Hall–Kier alpha value is -3.42. The van der Waals surface area contributed by atoms with E-state index in [2.05, 4.69) is 5.32 Å². The third-order valence-electron chi connectivity index (χ3n) is 5.11. The molecule has 32 heavy (non-hydrogen) atoms. The van der Waals surface area contributed by atoms with Crippen molar-refractivity contribution in [3.8, 4) is 5.69 Å². The monoisotopic (exact) mass is 471 g/mol. The van der Waals surface area contributed by atoms with E-state index in [0.29, 0.717) is 16.9 Å². The molecule has 162 valence electrons. The maximum absolute atomic E-state index is 13.7. The molecule has 1 saturated heterocycles. The Labute approximate surface area is 192 Å². The quantitative estimate of drug-likeness (QED) is 0.421. The van der Waals surface area contributed by atoms with E-state index in [-0.39, 0.29) is 27.1 Å². The van der Waals surface area contributed by atoms with Crippen LogP contribution in [0.4, 0.5) is 14.9 Å². The van der Waals surface area contributed by atoms with E-state index < -0.39 is 17.8 Å². The molecule has 3 aromatic rings. The molecule has 2 heterocycles. The molecule has 0 radical (unpaired) electrons. The van der Waals surface area contributed by atoms with Crippen molar-refractivity contribution in [2.24, 2.45) is 0 Å². The first-order valence-corrected chi connectivity index (χ1v) is 10.2. The zero-order valence-electron chi connectivity index (χ0n) is 16.9. The standard InChI is InChI=1S/C23H16Cl2FN3O3/c1-12-9-14(13(2)28(12)16-6-3-5-15(26)11-16)10-17-21(30)27-23(32)29(22(17)31)19-8-4-7-18(24)20(19)25/h3-11H,1-2H3,(H,27,30,32)/b17-10+. The van der Waals surface area contributed by atoms with Crippen molar-refractivity contribution in [2.45, 2.75) is 13.8 Å². The van der Waals surface area contributed by atoms with Crippen LogP contribution in [0.25, 0.3) is 11.8 Å². The number of carbonyl (C=O) groups is 3. The molecule has 9 heteroatoms. The largest absolute Gasteiger partial charge is 0.336 e. The molecule has 0 spiro atoms. The summed E-state index contributed by atoms with van der Waals surface area (Å²) in [5.41, 5.74) is 2.44. The fourth-order valence-corrected chi connectivity index (χ4v) is 4.02. The van der Waals surface area contributed by atoms with Gasteiger partial charge in [-0.05, 0) is 61.9 Å². The Morgan fingerprint density at radius 3 is 2.44 bits per heavy atom. The third-order valence-corrected chi connectivity index (χ3v) is 5.92. The van der Waals surface area contributed by atoms with E-state index in [1.807, 2.05) is 6.92 Å². The van der Waals surface area contributed by atoms with Gasteiger partial charge in [0, 0.05) is 17.1 Å². The summed E-state index contributed by atoms with van der Waals surface area (Å²) >= 11 is 12.2. The maximum atomic E-state index is 13.7. The number of benzene rings is 2. The highest BCUT2D eigenvalue weighted by molar-refractivity contribution is 6.46. The van der Waals surface area contributed by atoms with Crippen LogP contribution in [0.2, 0.25) is 10.0 Å².